The van der Waals surface area contributed by atoms with Gasteiger partial charge in [0.15, 0.2) is 0 Å². The van der Waals surface area contributed by atoms with Crippen molar-refractivity contribution >= 4 is 17.8 Å². The van der Waals surface area contributed by atoms with Crippen molar-refractivity contribution in [3.63, 3.8) is 0 Å². The Morgan fingerprint density at radius 3 is 2.54 bits per heavy atom. The van der Waals surface area contributed by atoms with Crippen molar-refractivity contribution in [2.75, 3.05) is 25.6 Å². The first kappa shape index (κ1) is 12.6. The molecule has 0 rings (SSSR count). The highest BCUT2D eigenvalue weighted by atomic mass is 32.2. The van der Waals surface area contributed by atoms with Crippen LogP contribution in [0.2, 0.25) is 0 Å². The van der Waals surface area contributed by atoms with Crippen molar-refractivity contribution in [3.05, 3.63) is 0 Å². The van der Waals surface area contributed by atoms with Crippen LogP contribution < -0.4 is 5.32 Å². The first-order valence-corrected chi connectivity index (χ1v) is 6.06. The molecule has 13 heavy (non-hydrogen) atoms. The van der Waals surface area contributed by atoms with Crippen LogP contribution in [0.4, 0.5) is 4.79 Å². The van der Waals surface area contributed by atoms with E-state index in [2.05, 4.69) is 18.5 Å². The lowest BCUT2D eigenvalue weighted by atomic mass is 10.2. The molecule has 3 nitrogen and oxygen atoms in total. The molecule has 4 heteroatoms. The Kier molecular flexibility index (Phi) is 6.86. The molecule has 1 atom stereocenters. The number of rotatable bonds is 5. The smallest absolute Gasteiger partial charge is 0.317 e. The maximum Gasteiger partial charge on any atom is 0.317 e. The fraction of sp³-hybridized carbons (Fsp3) is 0.889. The van der Waals surface area contributed by atoms with Crippen LogP contribution in [-0.4, -0.2) is 42.6 Å². The SMILES string of the molecule is CCNC(=O)N(C)C(CC)CSC. The minimum atomic E-state index is 0.0309. The molecule has 0 aliphatic rings. The Hall–Kier alpha value is -0.380. The second kappa shape index (κ2) is 7.06. The average molecular weight is 204 g/mol. The van der Waals surface area contributed by atoms with Crippen molar-refractivity contribution in [1.29, 1.82) is 0 Å². The lowest BCUT2D eigenvalue weighted by molar-refractivity contribution is 0.194. The van der Waals surface area contributed by atoms with Crippen LogP contribution in [0.15, 0.2) is 0 Å². The molecule has 1 unspecified atom stereocenters. The van der Waals surface area contributed by atoms with Crippen LogP contribution in [0.3, 0.4) is 0 Å². The van der Waals surface area contributed by atoms with Gasteiger partial charge in [-0.2, -0.15) is 11.8 Å². The summed E-state index contributed by atoms with van der Waals surface area (Å²) in [4.78, 5) is 13.2. The van der Waals surface area contributed by atoms with Gasteiger partial charge in [-0.05, 0) is 19.6 Å². The van der Waals surface area contributed by atoms with E-state index in [4.69, 9.17) is 0 Å². The largest absolute Gasteiger partial charge is 0.338 e. The van der Waals surface area contributed by atoms with E-state index < -0.39 is 0 Å². The molecule has 0 aromatic heterocycles. The maximum absolute atomic E-state index is 11.4. The van der Waals surface area contributed by atoms with Crippen LogP contribution in [0.1, 0.15) is 20.3 Å². The molecule has 0 fully saturated rings. The molecule has 0 spiro atoms. The standard InChI is InChI=1S/C9H20N2OS/c1-5-8(7-13-4)11(3)9(12)10-6-2/h8H,5-7H2,1-4H3,(H,10,12). The topological polar surface area (TPSA) is 32.3 Å². The Morgan fingerprint density at radius 1 is 1.54 bits per heavy atom. The van der Waals surface area contributed by atoms with E-state index in [0.29, 0.717) is 12.6 Å². The molecule has 0 aromatic rings. The molecular formula is C9H20N2OS. The van der Waals surface area contributed by atoms with Gasteiger partial charge in [0, 0.05) is 25.4 Å². The highest BCUT2D eigenvalue weighted by Crippen LogP contribution is 2.07. The van der Waals surface area contributed by atoms with Crippen LogP contribution in [-0.2, 0) is 0 Å². The maximum atomic E-state index is 11.4. The zero-order chi connectivity index (χ0) is 10.3. The summed E-state index contributed by atoms with van der Waals surface area (Å²) in [6, 6.07) is 0.380. The van der Waals surface area contributed by atoms with E-state index in [9.17, 15) is 4.79 Å². The molecule has 0 aliphatic carbocycles. The predicted molar refractivity (Wildman–Crippen MR) is 59.3 cm³/mol. The van der Waals surface area contributed by atoms with E-state index in [1.165, 1.54) is 0 Å². The van der Waals surface area contributed by atoms with Gasteiger partial charge in [0.05, 0.1) is 0 Å². The minimum absolute atomic E-state index is 0.0309. The third-order valence-electron chi connectivity index (χ3n) is 2.03. The third kappa shape index (κ3) is 4.41. The Balaban J connectivity index is 4.02. The number of thioether (sulfide) groups is 1. The Bertz CT molecular complexity index is 153. The van der Waals surface area contributed by atoms with Crippen molar-refractivity contribution in [2.24, 2.45) is 0 Å². The molecule has 0 saturated carbocycles. The summed E-state index contributed by atoms with van der Waals surface area (Å²) < 4.78 is 0. The number of hydrogen-bond acceptors (Lipinski definition) is 2. The second-order valence-corrected chi connectivity index (χ2v) is 3.87. The fourth-order valence-electron chi connectivity index (χ4n) is 1.14. The number of nitrogens with zero attached hydrogens (tertiary/aromatic N) is 1. The molecule has 1 N–H and O–H groups in total. The molecule has 78 valence electrons. The van der Waals surface area contributed by atoms with E-state index in [1.807, 2.05) is 14.0 Å². The van der Waals surface area contributed by atoms with Gasteiger partial charge in [0.2, 0.25) is 0 Å². The van der Waals surface area contributed by atoms with Crippen LogP contribution >= 0.6 is 11.8 Å². The number of carbonyl (C=O) groups is 1. The zero-order valence-corrected chi connectivity index (χ0v) is 9.78. The molecule has 0 aromatic carbocycles. The van der Waals surface area contributed by atoms with Crippen molar-refractivity contribution in [2.45, 2.75) is 26.3 Å². The number of amides is 2. The van der Waals surface area contributed by atoms with Gasteiger partial charge in [-0.15, -0.1) is 0 Å². The average Bonchev–Trinajstić information content (AvgIpc) is 2.13. The van der Waals surface area contributed by atoms with Crippen molar-refractivity contribution in [3.8, 4) is 0 Å². The van der Waals surface area contributed by atoms with Gasteiger partial charge >= 0.3 is 6.03 Å². The van der Waals surface area contributed by atoms with E-state index >= 15 is 0 Å². The normalized spacial score (nSPS) is 12.3. The fourth-order valence-corrected chi connectivity index (χ4v) is 1.98. The van der Waals surface area contributed by atoms with Crippen molar-refractivity contribution < 1.29 is 4.79 Å². The summed E-state index contributed by atoms with van der Waals surface area (Å²) in [5.74, 6) is 1.00. The summed E-state index contributed by atoms with van der Waals surface area (Å²) in [6.07, 6.45) is 3.07. The number of urea groups is 1. The van der Waals surface area contributed by atoms with Gasteiger partial charge in [-0.3, -0.25) is 0 Å². The predicted octanol–water partition coefficient (Wildman–Crippen LogP) is 1.79. The van der Waals surface area contributed by atoms with E-state index in [0.717, 1.165) is 12.2 Å². The molecule has 2 amide bonds. The van der Waals surface area contributed by atoms with Gasteiger partial charge < -0.3 is 10.2 Å². The highest BCUT2D eigenvalue weighted by Gasteiger charge is 2.16. The Labute approximate surface area is 85.3 Å². The van der Waals surface area contributed by atoms with Gasteiger partial charge in [-0.25, -0.2) is 4.79 Å². The summed E-state index contributed by atoms with van der Waals surface area (Å²) in [5, 5.41) is 2.80. The van der Waals surface area contributed by atoms with Gasteiger partial charge in [-0.1, -0.05) is 6.92 Å². The van der Waals surface area contributed by atoms with Crippen LogP contribution in [0.5, 0.6) is 0 Å². The van der Waals surface area contributed by atoms with E-state index in [1.54, 1.807) is 16.7 Å². The monoisotopic (exact) mass is 204 g/mol. The summed E-state index contributed by atoms with van der Waals surface area (Å²) in [5.41, 5.74) is 0. The summed E-state index contributed by atoms with van der Waals surface area (Å²) in [7, 11) is 1.86. The molecular weight excluding hydrogens is 184 g/mol. The molecule has 0 bridgehead atoms. The lowest BCUT2D eigenvalue weighted by Crippen LogP contribution is -2.44. The number of hydrogen-bond donors (Lipinski definition) is 1. The Morgan fingerprint density at radius 2 is 2.15 bits per heavy atom. The zero-order valence-electron chi connectivity index (χ0n) is 8.96. The molecule has 0 radical (unpaired) electrons. The summed E-state index contributed by atoms with van der Waals surface area (Å²) >= 11 is 1.78. The highest BCUT2D eigenvalue weighted by molar-refractivity contribution is 7.98. The van der Waals surface area contributed by atoms with Crippen molar-refractivity contribution in [1.82, 2.24) is 10.2 Å². The molecule has 0 saturated heterocycles. The van der Waals surface area contributed by atoms with Gasteiger partial charge in [0.25, 0.3) is 0 Å². The first-order valence-electron chi connectivity index (χ1n) is 4.66. The molecule has 0 aliphatic heterocycles. The number of nitrogens with one attached hydrogen (secondary N) is 1. The molecule has 0 heterocycles. The van der Waals surface area contributed by atoms with Crippen LogP contribution in [0, 0.1) is 0 Å². The van der Waals surface area contributed by atoms with E-state index in [-0.39, 0.29) is 6.03 Å². The quantitative estimate of drug-likeness (QED) is 0.740. The first-order chi connectivity index (χ1) is 6.17. The summed E-state index contributed by atoms with van der Waals surface area (Å²) in [6.45, 7) is 4.73. The van der Waals surface area contributed by atoms with Gasteiger partial charge in [0.1, 0.15) is 0 Å². The second-order valence-electron chi connectivity index (χ2n) is 2.96. The number of carbonyl (C=O) groups excluding carboxylic acids is 1. The minimum Gasteiger partial charge on any atom is -0.338 e. The third-order valence-corrected chi connectivity index (χ3v) is 2.74. The lowest BCUT2D eigenvalue weighted by Gasteiger charge is -2.26. The van der Waals surface area contributed by atoms with Crippen LogP contribution in [0.25, 0.3) is 0 Å².